The van der Waals surface area contributed by atoms with Gasteiger partial charge in [0.25, 0.3) is 0 Å². The van der Waals surface area contributed by atoms with Gasteiger partial charge in [0.05, 0.1) is 20.1 Å². The maximum Gasteiger partial charge on any atom is 0.414 e. The van der Waals surface area contributed by atoms with Gasteiger partial charge in [-0.2, -0.15) is 0 Å². The summed E-state index contributed by atoms with van der Waals surface area (Å²) < 4.78 is 15.6. The van der Waals surface area contributed by atoms with Crippen molar-refractivity contribution < 1.29 is 28.6 Å². The van der Waals surface area contributed by atoms with Crippen LogP contribution in [0.4, 0.5) is 9.59 Å². The molecular formula is C27H48N6O6. The zero-order valence-electron chi connectivity index (χ0n) is 24.2. The number of rotatable bonds is 10. The van der Waals surface area contributed by atoms with Crippen molar-refractivity contribution in [2.45, 2.75) is 71.0 Å². The smallest absolute Gasteiger partial charge is 0.414 e. The van der Waals surface area contributed by atoms with E-state index in [4.69, 9.17) is 19.6 Å². The van der Waals surface area contributed by atoms with E-state index in [2.05, 4.69) is 15.1 Å². The van der Waals surface area contributed by atoms with Crippen molar-refractivity contribution in [2.24, 2.45) is 5.92 Å². The molecule has 3 aliphatic heterocycles. The van der Waals surface area contributed by atoms with Crippen LogP contribution in [0.3, 0.4) is 0 Å². The number of nitrogens with zero attached hydrogens (tertiary/aromatic N) is 4. The van der Waals surface area contributed by atoms with Gasteiger partial charge < -0.3 is 28.9 Å². The lowest BCUT2D eigenvalue weighted by Gasteiger charge is -2.35. The van der Waals surface area contributed by atoms with Gasteiger partial charge in [-0.25, -0.2) is 9.59 Å². The highest BCUT2D eigenvalue weighted by Gasteiger charge is 2.33. The van der Waals surface area contributed by atoms with E-state index in [1.807, 2.05) is 9.80 Å². The third-order valence-corrected chi connectivity index (χ3v) is 7.58. The third-order valence-electron chi connectivity index (χ3n) is 7.58. The van der Waals surface area contributed by atoms with Crippen molar-refractivity contribution in [2.75, 3.05) is 72.6 Å². The van der Waals surface area contributed by atoms with E-state index >= 15 is 0 Å². The van der Waals surface area contributed by atoms with Crippen molar-refractivity contribution in [3.63, 3.8) is 0 Å². The molecule has 12 nitrogen and oxygen atoms in total. The van der Waals surface area contributed by atoms with Gasteiger partial charge in [0.1, 0.15) is 11.7 Å². The van der Waals surface area contributed by atoms with Crippen LogP contribution in [0.25, 0.3) is 0 Å². The lowest BCUT2D eigenvalue weighted by atomic mass is 9.91. The predicted octanol–water partition coefficient (Wildman–Crippen LogP) is 2.33. The van der Waals surface area contributed by atoms with Crippen molar-refractivity contribution in [1.82, 2.24) is 24.9 Å². The van der Waals surface area contributed by atoms with E-state index in [0.717, 1.165) is 91.0 Å². The number of unbranched alkanes of at least 4 members (excludes halogenated alkanes) is 1. The number of piperidine rings is 1. The number of esters is 1. The number of ether oxygens (including phenoxy) is 3. The molecular weight excluding hydrogens is 504 g/mol. The molecule has 0 aromatic carbocycles. The summed E-state index contributed by atoms with van der Waals surface area (Å²) in [5.74, 6) is 0.525. The minimum atomic E-state index is -0.590. The molecule has 0 bridgehead atoms. The molecule has 3 heterocycles. The Bertz CT molecular complexity index is 833. The second-order valence-electron chi connectivity index (χ2n) is 11.8. The number of methoxy groups -OCH3 is 1. The van der Waals surface area contributed by atoms with E-state index < -0.39 is 11.7 Å². The summed E-state index contributed by atoms with van der Waals surface area (Å²) in [6.45, 7) is 13.4. The molecule has 0 aromatic heterocycles. The van der Waals surface area contributed by atoms with Gasteiger partial charge in [-0.1, -0.05) is 12.8 Å². The molecule has 222 valence electrons. The van der Waals surface area contributed by atoms with Gasteiger partial charge in [0, 0.05) is 58.9 Å². The highest BCUT2D eigenvalue weighted by atomic mass is 16.6. The number of piperazine rings is 1. The van der Waals surface area contributed by atoms with E-state index in [9.17, 15) is 14.4 Å². The molecule has 2 N–H and O–H groups in total. The van der Waals surface area contributed by atoms with Crippen LogP contribution in [-0.4, -0.2) is 128 Å². The Morgan fingerprint density at radius 1 is 1.03 bits per heavy atom. The number of carbonyl (C=O) groups is 3. The van der Waals surface area contributed by atoms with E-state index in [0.29, 0.717) is 18.9 Å². The van der Waals surface area contributed by atoms with Gasteiger partial charge >= 0.3 is 18.2 Å². The van der Waals surface area contributed by atoms with E-state index in [1.165, 1.54) is 7.11 Å². The molecule has 3 aliphatic rings. The van der Waals surface area contributed by atoms with Gasteiger partial charge in [-0.15, -0.1) is 0 Å². The molecule has 0 aliphatic carbocycles. The van der Waals surface area contributed by atoms with Gasteiger partial charge in [-0.3, -0.25) is 20.4 Å². The monoisotopic (exact) mass is 552 g/mol. The fourth-order valence-corrected chi connectivity index (χ4v) is 5.35. The molecule has 0 aromatic rings. The van der Waals surface area contributed by atoms with Crippen molar-refractivity contribution in [3.05, 3.63) is 0 Å². The first kappa shape index (κ1) is 30.9. The Balaban J connectivity index is 1.24. The Morgan fingerprint density at radius 2 is 1.69 bits per heavy atom. The normalized spacial score (nSPS) is 21.5. The molecule has 0 radical (unpaired) electrons. The van der Waals surface area contributed by atoms with Crippen LogP contribution in [0.15, 0.2) is 0 Å². The summed E-state index contributed by atoms with van der Waals surface area (Å²) in [7, 11) is 1.42. The minimum absolute atomic E-state index is 0.0898. The lowest BCUT2D eigenvalue weighted by molar-refractivity contribution is -0.141. The topological polar surface area (TPSA) is 128 Å². The molecule has 1 atom stereocenters. The number of alkyl carbamates (subject to hydrolysis) is 1. The maximum absolute atomic E-state index is 12.4. The molecule has 3 fully saturated rings. The first-order valence-electron chi connectivity index (χ1n) is 14.3. The number of carbonyl (C=O) groups excluding carboxylic acids is 3. The van der Waals surface area contributed by atoms with E-state index in [-0.39, 0.29) is 24.1 Å². The molecule has 12 heteroatoms. The van der Waals surface area contributed by atoms with Crippen LogP contribution < -0.4 is 5.32 Å². The summed E-state index contributed by atoms with van der Waals surface area (Å²) in [5.41, 5.74) is -0.589. The number of guanidine groups is 1. The van der Waals surface area contributed by atoms with Crippen molar-refractivity contribution >= 4 is 24.1 Å². The summed E-state index contributed by atoms with van der Waals surface area (Å²) in [6, 6.07) is 0. The third kappa shape index (κ3) is 10.8. The number of amides is 2. The molecule has 3 rings (SSSR count). The fourth-order valence-electron chi connectivity index (χ4n) is 5.35. The number of nitrogens with one attached hydrogen (secondary N) is 2. The van der Waals surface area contributed by atoms with Gasteiger partial charge in [-0.05, 0) is 46.0 Å². The summed E-state index contributed by atoms with van der Waals surface area (Å²) in [6.07, 6.45) is 4.62. The lowest BCUT2D eigenvalue weighted by Crippen LogP contribution is -2.49. The van der Waals surface area contributed by atoms with Crippen molar-refractivity contribution in [3.8, 4) is 0 Å². The Labute approximate surface area is 232 Å². The zero-order chi connectivity index (χ0) is 28.4. The second-order valence-corrected chi connectivity index (χ2v) is 11.8. The summed E-state index contributed by atoms with van der Waals surface area (Å²) in [4.78, 5) is 44.0. The largest absolute Gasteiger partial charge is 0.469 e. The highest BCUT2D eigenvalue weighted by Crippen LogP contribution is 2.23. The molecule has 39 heavy (non-hydrogen) atoms. The van der Waals surface area contributed by atoms with E-state index in [1.54, 1.807) is 20.8 Å². The SMILES string of the molecule is COC(=O)CCN1CCN(CC2CN(CCCCC3CCN(C(=N)NC(=O)OC(C)(C)C)CC3)C(=O)O2)CC1. The van der Waals surface area contributed by atoms with Gasteiger partial charge in [0.2, 0.25) is 5.96 Å². The molecule has 2 amide bonds. The minimum Gasteiger partial charge on any atom is -0.469 e. The molecule has 0 saturated carbocycles. The number of cyclic esters (lactones) is 1. The molecule has 1 unspecified atom stereocenters. The Hall–Kier alpha value is -2.60. The fraction of sp³-hybridized carbons (Fsp3) is 0.852. The Kier molecular flexibility index (Phi) is 11.7. The summed E-state index contributed by atoms with van der Waals surface area (Å²) in [5, 5.41) is 10.7. The zero-order valence-corrected chi connectivity index (χ0v) is 24.2. The quantitative estimate of drug-likeness (QED) is 0.138. The standard InChI is InChI=1S/C27H48N6O6/c1-27(2,3)39-25(35)29-24(28)32-13-8-21(9-14-32)7-5-6-11-33-20-22(38-26(33)36)19-31-17-15-30(16-18-31)12-10-23(34)37-4/h21-22H,5-20H2,1-4H3,(H2,28,29,35). The maximum atomic E-state index is 12.4. The van der Waals surface area contributed by atoms with Crippen LogP contribution >= 0.6 is 0 Å². The van der Waals surface area contributed by atoms with Crippen LogP contribution in [0.1, 0.15) is 59.3 Å². The first-order chi connectivity index (χ1) is 18.5. The molecule has 3 saturated heterocycles. The second kappa shape index (κ2) is 14.7. The van der Waals surface area contributed by atoms with Crippen LogP contribution in [0.5, 0.6) is 0 Å². The summed E-state index contributed by atoms with van der Waals surface area (Å²) >= 11 is 0. The van der Waals surface area contributed by atoms with Crippen LogP contribution in [0.2, 0.25) is 0 Å². The average Bonchev–Trinajstić information content (AvgIpc) is 3.23. The predicted molar refractivity (Wildman–Crippen MR) is 147 cm³/mol. The number of hydrogen-bond donors (Lipinski definition) is 2. The Morgan fingerprint density at radius 3 is 2.33 bits per heavy atom. The number of hydrogen-bond acceptors (Lipinski definition) is 9. The average molecular weight is 553 g/mol. The van der Waals surface area contributed by atoms with Gasteiger partial charge in [0.15, 0.2) is 0 Å². The molecule has 0 spiro atoms. The van der Waals surface area contributed by atoms with Crippen LogP contribution in [-0.2, 0) is 19.0 Å². The van der Waals surface area contributed by atoms with Crippen molar-refractivity contribution in [1.29, 1.82) is 5.41 Å². The van der Waals surface area contributed by atoms with Crippen LogP contribution in [0, 0.1) is 11.3 Å². The highest BCUT2D eigenvalue weighted by molar-refractivity contribution is 5.92. The first-order valence-corrected chi connectivity index (χ1v) is 14.3. The number of likely N-dealkylation sites (tertiary alicyclic amines) is 1.